The fourth-order valence-corrected chi connectivity index (χ4v) is 4.76. The summed E-state index contributed by atoms with van der Waals surface area (Å²) in [5, 5.41) is 3.13. The van der Waals surface area contributed by atoms with Crippen LogP contribution in [0.1, 0.15) is 21.5 Å². The summed E-state index contributed by atoms with van der Waals surface area (Å²) in [6, 6.07) is 13.6. The number of amides is 1. The molecule has 0 saturated carbocycles. The monoisotopic (exact) mass is 550 g/mol. The number of carbonyl (C=O) groups is 1. The molecule has 1 amide bonds. The molecular formula is C30H32F2N4O4. The number of morpholine rings is 1. The summed E-state index contributed by atoms with van der Waals surface area (Å²) in [6.45, 7) is 5.38. The van der Waals surface area contributed by atoms with Gasteiger partial charge in [-0.05, 0) is 54.4 Å². The van der Waals surface area contributed by atoms with Gasteiger partial charge in [0.05, 0.1) is 19.8 Å². The number of para-hydroxylation sites is 1. The van der Waals surface area contributed by atoms with Crippen LogP contribution < -0.4 is 5.32 Å². The van der Waals surface area contributed by atoms with Crippen LogP contribution >= 0.6 is 0 Å². The number of ether oxygens (including phenoxy) is 2. The second-order valence-corrected chi connectivity index (χ2v) is 9.85. The molecule has 8 nitrogen and oxygen atoms in total. The average Bonchev–Trinajstić information content (AvgIpc) is 3.36. The molecular weight excluding hydrogens is 518 g/mol. The van der Waals surface area contributed by atoms with Crippen molar-refractivity contribution in [2.24, 2.45) is 0 Å². The van der Waals surface area contributed by atoms with E-state index in [9.17, 15) is 4.79 Å². The maximum absolute atomic E-state index is 15.1. The Morgan fingerprint density at radius 1 is 1.12 bits per heavy atom. The van der Waals surface area contributed by atoms with E-state index in [2.05, 4.69) is 10.3 Å². The zero-order valence-electron chi connectivity index (χ0n) is 22.8. The minimum atomic E-state index is -0.602. The molecule has 0 aliphatic carbocycles. The number of fused-ring (bicyclic) bond motifs is 1. The molecule has 0 unspecified atom stereocenters. The Labute approximate surface area is 231 Å². The van der Waals surface area contributed by atoms with Gasteiger partial charge in [0.1, 0.15) is 17.2 Å². The van der Waals surface area contributed by atoms with Crippen molar-refractivity contribution in [3.05, 3.63) is 76.9 Å². The van der Waals surface area contributed by atoms with Crippen LogP contribution in [-0.2, 0) is 16.0 Å². The van der Waals surface area contributed by atoms with Crippen molar-refractivity contribution < 1.29 is 27.5 Å². The summed E-state index contributed by atoms with van der Waals surface area (Å²) in [7, 11) is 3.33. The lowest BCUT2D eigenvalue weighted by Gasteiger charge is -2.26. The lowest BCUT2D eigenvalue weighted by molar-refractivity contribution is 0.0332. The molecule has 0 spiro atoms. The summed E-state index contributed by atoms with van der Waals surface area (Å²) in [5.74, 6) is -1.30. The first-order valence-corrected chi connectivity index (χ1v) is 13.1. The van der Waals surface area contributed by atoms with Crippen molar-refractivity contribution in [1.82, 2.24) is 14.8 Å². The summed E-state index contributed by atoms with van der Waals surface area (Å²) in [6.07, 6.45) is 0. The number of nitrogens with zero attached hydrogens (tertiary/aromatic N) is 3. The van der Waals surface area contributed by atoms with Gasteiger partial charge in [0.15, 0.2) is 5.58 Å². The van der Waals surface area contributed by atoms with Crippen molar-refractivity contribution in [2.45, 2.75) is 13.5 Å². The molecule has 0 radical (unpaired) electrons. The van der Waals surface area contributed by atoms with Crippen LogP contribution in [0.4, 0.5) is 20.5 Å². The molecule has 1 N–H and O–H groups in total. The molecule has 40 heavy (non-hydrogen) atoms. The number of rotatable bonds is 9. The van der Waals surface area contributed by atoms with Crippen LogP contribution in [0.5, 0.6) is 0 Å². The van der Waals surface area contributed by atoms with E-state index in [1.54, 1.807) is 49.4 Å². The number of aryl methyl sites for hydroxylation is 1. The van der Waals surface area contributed by atoms with E-state index >= 15 is 8.78 Å². The predicted octanol–water partition coefficient (Wildman–Crippen LogP) is 5.38. The van der Waals surface area contributed by atoms with Gasteiger partial charge >= 0.3 is 0 Å². The lowest BCUT2D eigenvalue weighted by atomic mass is 10.0. The number of carbonyl (C=O) groups excluding carboxylic acids is 1. The van der Waals surface area contributed by atoms with Gasteiger partial charge in [-0.25, -0.2) is 8.78 Å². The van der Waals surface area contributed by atoms with Crippen LogP contribution in [0, 0.1) is 18.6 Å². The first-order chi connectivity index (χ1) is 19.3. The zero-order chi connectivity index (χ0) is 28.2. The molecule has 1 aromatic heterocycles. The van der Waals surface area contributed by atoms with E-state index < -0.39 is 11.6 Å². The highest BCUT2D eigenvalue weighted by Gasteiger charge is 2.20. The number of hydrogen-bond acceptors (Lipinski definition) is 7. The van der Waals surface area contributed by atoms with Gasteiger partial charge in [-0.1, -0.05) is 12.1 Å². The Balaban J connectivity index is 1.37. The molecule has 2 heterocycles. The van der Waals surface area contributed by atoms with Crippen LogP contribution in [0.2, 0.25) is 0 Å². The van der Waals surface area contributed by atoms with Crippen molar-refractivity contribution in [3.8, 4) is 11.1 Å². The minimum Gasteiger partial charge on any atom is -0.423 e. The van der Waals surface area contributed by atoms with E-state index in [4.69, 9.17) is 13.9 Å². The van der Waals surface area contributed by atoms with Gasteiger partial charge in [0.25, 0.3) is 11.9 Å². The molecule has 3 aromatic carbocycles. The SMILES string of the molecule is COCCN(C)C(=O)c1ccc(Nc2nc3cccc(-c4cc(F)c(CN5CCOCC5)c(F)c4)c3o2)cc1C. The van der Waals surface area contributed by atoms with E-state index in [1.807, 2.05) is 17.9 Å². The van der Waals surface area contributed by atoms with Crippen LogP contribution in [-0.4, -0.2) is 74.3 Å². The van der Waals surface area contributed by atoms with Crippen molar-refractivity contribution >= 4 is 28.7 Å². The summed E-state index contributed by atoms with van der Waals surface area (Å²) in [5.41, 5.74) is 3.96. The Hall–Kier alpha value is -3.86. The van der Waals surface area contributed by atoms with E-state index in [0.717, 1.165) is 5.56 Å². The fourth-order valence-electron chi connectivity index (χ4n) is 4.76. The number of oxazole rings is 1. The molecule has 4 aromatic rings. The zero-order valence-corrected chi connectivity index (χ0v) is 22.8. The Kier molecular flexibility index (Phi) is 8.39. The summed E-state index contributed by atoms with van der Waals surface area (Å²) >= 11 is 0. The van der Waals surface area contributed by atoms with E-state index in [-0.39, 0.29) is 24.0 Å². The normalized spacial score (nSPS) is 14.0. The average molecular weight is 551 g/mol. The first-order valence-electron chi connectivity index (χ1n) is 13.1. The number of methoxy groups -OCH3 is 1. The van der Waals surface area contributed by atoms with Crippen molar-refractivity contribution in [2.75, 3.05) is 58.9 Å². The summed E-state index contributed by atoms with van der Waals surface area (Å²) in [4.78, 5) is 20.9. The Morgan fingerprint density at radius 3 is 2.58 bits per heavy atom. The standard InChI is InChI=1S/C30H32F2N4O4/c1-19-15-21(7-8-22(19)29(37)35(2)9-12-38-3)33-30-34-27-6-4-5-23(28(27)40-30)20-16-25(31)24(26(32)17-20)18-36-10-13-39-14-11-36/h4-8,15-17H,9-14,18H2,1-3H3,(H,33,34). The third kappa shape index (κ3) is 5.99. The maximum atomic E-state index is 15.1. The second kappa shape index (κ2) is 12.1. The first kappa shape index (κ1) is 27.7. The predicted molar refractivity (Wildman–Crippen MR) is 149 cm³/mol. The Bertz CT molecular complexity index is 1490. The maximum Gasteiger partial charge on any atom is 0.300 e. The van der Waals surface area contributed by atoms with Gasteiger partial charge in [-0.15, -0.1) is 0 Å². The number of anilines is 2. The number of hydrogen-bond donors (Lipinski definition) is 1. The summed E-state index contributed by atoms with van der Waals surface area (Å²) < 4.78 is 46.6. The molecule has 210 valence electrons. The molecule has 0 bridgehead atoms. The van der Waals surface area contributed by atoms with Crippen LogP contribution in [0.25, 0.3) is 22.2 Å². The number of benzene rings is 3. The minimum absolute atomic E-state index is 0.0416. The van der Waals surface area contributed by atoms with Gasteiger partial charge < -0.3 is 24.1 Å². The third-order valence-corrected chi connectivity index (χ3v) is 7.04. The Morgan fingerprint density at radius 2 is 1.88 bits per heavy atom. The van der Waals surface area contributed by atoms with Gasteiger partial charge in [-0.3, -0.25) is 9.69 Å². The molecule has 1 saturated heterocycles. The smallest absolute Gasteiger partial charge is 0.300 e. The highest BCUT2D eigenvalue weighted by atomic mass is 19.1. The lowest BCUT2D eigenvalue weighted by Crippen LogP contribution is -2.36. The van der Waals surface area contributed by atoms with Crippen LogP contribution in [0.3, 0.4) is 0 Å². The van der Waals surface area contributed by atoms with Gasteiger partial charge in [0.2, 0.25) is 0 Å². The van der Waals surface area contributed by atoms with E-state index in [1.165, 1.54) is 12.1 Å². The molecule has 0 atom stereocenters. The number of halogens is 2. The molecule has 1 aliphatic heterocycles. The van der Waals surface area contributed by atoms with Gasteiger partial charge in [-0.2, -0.15) is 4.98 Å². The van der Waals surface area contributed by atoms with Crippen molar-refractivity contribution in [1.29, 1.82) is 0 Å². The molecule has 10 heteroatoms. The van der Waals surface area contributed by atoms with Crippen LogP contribution in [0.15, 0.2) is 52.9 Å². The van der Waals surface area contributed by atoms with E-state index in [0.29, 0.717) is 72.9 Å². The molecule has 1 aliphatic rings. The fraction of sp³-hybridized carbons (Fsp3) is 0.333. The topological polar surface area (TPSA) is 80.1 Å². The highest BCUT2D eigenvalue weighted by Crippen LogP contribution is 2.34. The quantitative estimate of drug-likeness (QED) is 0.300. The van der Waals surface area contributed by atoms with Gasteiger partial charge in [0, 0.05) is 62.7 Å². The third-order valence-electron chi connectivity index (χ3n) is 7.04. The molecule has 5 rings (SSSR count). The largest absolute Gasteiger partial charge is 0.423 e. The molecule has 1 fully saturated rings. The second-order valence-electron chi connectivity index (χ2n) is 9.85. The number of aromatic nitrogens is 1. The number of likely N-dealkylation sites (N-methyl/N-ethyl adjacent to an activating group) is 1. The highest BCUT2D eigenvalue weighted by molar-refractivity contribution is 5.96. The van der Waals surface area contributed by atoms with Crippen molar-refractivity contribution in [3.63, 3.8) is 0 Å². The number of nitrogens with one attached hydrogen (secondary N) is 1.